The second-order valence-corrected chi connectivity index (χ2v) is 5.37. The van der Waals surface area contributed by atoms with Gasteiger partial charge in [0.15, 0.2) is 0 Å². The summed E-state index contributed by atoms with van der Waals surface area (Å²) in [6, 6.07) is 2.42. The van der Waals surface area contributed by atoms with Crippen molar-refractivity contribution in [3.63, 3.8) is 0 Å². The van der Waals surface area contributed by atoms with Crippen molar-refractivity contribution < 1.29 is 4.79 Å². The van der Waals surface area contributed by atoms with Crippen LogP contribution >= 0.6 is 11.3 Å². The zero-order chi connectivity index (χ0) is 12.3. The molecule has 2 heterocycles. The molecule has 0 spiro atoms. The van der Waals surface area contributed by atoms with Crippen molar-refractivity contribution in [3.05, 3.63) is 22.4 Å². The van der Waals surface area contributed by atoms with Crippen LogP contribution < -0.4 is 5.73 Å². The third-order valence-electron chi connectivity index (χ3n) is 3.59. The first-order valence-electron chi connectivity index (χ1n) is 6.30. The second kappa shape index (κ2) is 5.65. The maximum Gasteiger partial charge on any atom is 0.227 e. The van der Waals surface area contributed by atoms with Crippen LogP contribution in [0.15, 0.2) is 16.8 Å². The molecule has 2 N–H and O–H groups in total. The molecule has 2 rings (SSSR count). The number of thiophene rings is 1. The molecular formula is C13H20N2OS. The molecule has 17 heavy (non-hydrogen) atoms. The normalized spacial score (nSPS) is 21.8. The van der Waals surface area contributed by atoms with E-state index in [1.807, 2.05) is 11.8 Å². The topological polar surface area (TPSA) is 46.3 Å². The fourth-order valence-corrected chi connectivity index (χ4v) is 3.23. The van der Waals surface area contributed by atoms with E-state index in [1.54, 1.807) is 11.3 Å². The van der Waals surface area contributed by atoms with Crippen molar-refractivity contribution in [2.45, 2.75) is 32.2 Å². The number of carbonyl (C=O) groups is 1. The van der Waals surface area contributed by atoms with Gasteiger partial charge in [0.25, 0.3) is 0 Å². The van der Waals surface area contributed by atoms with Gasteiger partial charge in [-0.25, -0.2) is 0 Å². The zero-order valence-electron chi connectivity index (χ0n) is 10.3. The van der Waals surface area contributed by atoms with Crippen molar-refractivity contribution >= 4 is 17.2 Å². The first kappa shape index (κ1) is 12.6. The zero-order valence-corrected chi connectivity index (χ0v) is 11.1. The summed E-state index contributed by atoms with van der Waals surface area (Å²) in [5.74, 6) is 0.234. The predicted molar refractivity (Wildman–Crippen MR) is 70.8 cm³/mol. The van der Waals surface area contributed by atoms with E-state index in [2.05, 4.69) is 16.8 Å². The molecule has 1 aromatic heterocycles. The van der Waals surface area contributed by atoms with E-state index >= 15 is 0 Å². The van der Waals surface area contributed by atoms with E-state index in [9.17, 15) is 4.79 Å². The standard InChI is InChI=1S/C13H20N2OS/c1-2-10(8-14)13(16)15-6-3-4-12(15)11-5-7-17-9-11/h5,7,9-10,12H,2-4,6,8,14H2,1H3. The maximum atomic E-state index is 12.4. The van der Waals surface area contributed by atoms with Crippen LogP contribution in [0.5, 0.6) is 0 Å². The van der Waals surface area contributed by atoms with Gasteiger partial charge in [-0.3, -0.25) is 4.79 Å². The Morgan fingerprint density at radius 3 is 3.12 bits per heavy atom. The van der Waals surface area contributed by atoms with Crippen molar-refractivity contribution in [2.75, 3.05) is 13.1 Å². The molecule has 0 aliphatic carbocycles. The fourth-order valence-electron chi connectivity index (χ4n) is 2.52. The molecule has 0 aromatic carbocycles. The van der Waals surface area contributed by atoms with Gasteiger partial charge in [-0.1, -0.05) is 6.92 Å². The number of hydrogen-bond donors (Lipinski definition) is 1. The predicted octanol–water partition coefficient (Wildman–Crippen LogP) is 2.40. The average Bonchev–Trinajstić information content (AvgIpc) is 3.01. The van der Waals surface area contributed by atoms with Gasteiger partial charge in [0.1, 0.15) is 0 Å². The van der Waals surface area contributed by atoms with Crippen LogP contribution in [-0.2, 0) is 4.79 Å². The molecule has 2 unspecified atom stereocenters. The third-order valence-corrected chi connectivity index (χ3v) is 4.29. The minimum Gasteiger partial charge on any atom is -0.335 e. The fraction of sp³-hybridized carbons (Fsp3) is 0.615. The minimum absolute atomic E-state index is 0.00534. The van der Waals surface area contributed by atoms with Crippen LogP contribution in [0.25, 0.3) is 0 Å². The van der Waals surface area contributed by atoms with E-state index < -0.39 is 0 Å². The third kappa shape index (κ3) is 2.53. The number of nitrogens with two attached hydrogens (primary N) is 1. The van der Waals surface area contributed by atoms with Gasteiger partial charge in [-0.05, 0) is 41.7 Å². The Balaban J connectivity index is 2.12. The van der Waals surface area contributed by atoms with Gasteiger partial charge < -0.3 is 10.6 Å². The summed E-state index contributed by atoms with van der Waals surface area (Å²) in [4.78, 5) is 14.4. The quantitative estimate of drug-likeness (QED) is 0.894. The molecule has 1 aromatic rings. The lowest BCUT2D eigenvalue weighted by Gasteiger charge is -2.27. The van der Waals surface area contributed by atoms with Crippen molar-refractivity contribution in [3.8, 4) is 0 Å². The average molecular weight is 252 g/mol. The molecule has 1 saturated heterocycles. The highest BCUT2D eigenvalue weighted by molar-refractivity contribution is 7.07. The maximum absolute atomic E-state index is 12.4. The van der Waals surface area contributed by atoms with E-state index in [0.29, 0.717) is 6.54 Å². The van der Waals surface area contributed by atoms with Gasteiger partial charge in [0.2, 0.25) is 5.91 Å². The molecule has 1 aliphatic rings. The highest BCUT2D eigenvalue weighted by atomic mass is 32.1. The van der Waals surface area contributed by atoms with Gasteiger partial charge in [-0.15, -0.1) is 0 Å². The lowest BCUT2D eigenvalue weighted by Crippen LogP contribution is -2.38. The number of hydrogen-bond acceptors (Lipinski definition) is 3. The molecule has 1 amide bonds. The van der Waals surface area contributed by atoms with Crippen molar-refractivity contribution in [2.24, 2.45) is 11.7 Å². The lowest BCUT2D eigenvalue weighted by atomic mass is 10.0. The SMILES string of the molecule is CCC(CN)C(=O)N1CCCC1c1ccsc1. The van der Waals surface area contributed by atoms with Crippen LogP contribution in [0.1, 0.15) is 37.8 Å². The van der Waals surface area contributed by atoms with Crippen LogP contribution in [-0.4, -0.2) is 23.9 Å². The molecule has 1 aliphatic heterocycles. The molecule has 3 nitrogen and oxygen atoms in total. The van der Waals surface area contributed by atoms with E-state index in [4.69, 9.17) is 5.73 Å². The van der Waals surface area contributed by atoms with Crippen molar-refractivity contribution in [1.29, 1.82) is 0 Å². The Kier molecular flexibility index (Phi) is 4.18. The first-order valence-corrected chi connectivity index (χ1v) is 7.24. The Hall–Kier alpha value is -0.870. The largest absolute Gasteiger partial charge is 0.335 e. The lowest BCUT2D eigenvalue weighted by molar-refractivity contribution is -0.136. The van der Waals surface area contributed by atoms with Crippen LogP contribution in [0.4, 0.5) is 0 Å². The summed E-state index contributed by atoms with van der Waals surface area (Å²) in [6.45, 7) is 3.38. The number of likely N-dealkylation sites (tertiary alicyclic amines) is 1. The van der Waals surface area contributed by atoms with E-state index in [0.717, 1.165) is 25.8 Å². The van der Waals surface area contributed by atoms with E-state index in [1.165, 1.54) is 5.56 Å². The van der Waals surface area contributed by atoms with Gasteiger partial charge in [-0.2, -0.15) is 11.3 Å². The number of rotatable bonds is 4. The smallest absolute Gasteiger partial charge is 0.227 e. The van der Waals surface area contributed by atoms with Crippen LogP contribution in [0.2, 0.25) is 0 Å². The molecule has 1 fully saturated rings. The summed E-state index contributed by atoms with van der Waals surface area (Å²) >= 11 is 1.70. The van der Waals surface area contributed by atoms with E-state index in [-0.39, 0.29) is 17.9 Å². The summed E-state index contributed by atoms with van der Waals surface area (Å²) in [6.07, 6.45) is 3.03. The van der Waals surface area contributed by atoms with Gasteiger partial charge in [0, 0.05) is 13.1 Å². The highest BCUT2D eigenvalue weighted by Gasteiger charge is 2.32. The summed E-state index contributed by atoms with van der Waals surface area (Å²) in [5, 5.41) is 4.23. The number of amides is 1. The molecule has 0 bridgehead atoms. The van der Waals surface area contributed by atoms with Gasteiger partial charge in [0.05, 0.1) is 12.0 Å². The van der Waals surface area contributed by atoms with Crippen LogP contribution in [0.3, 0.4) is 0 Å². The molecular weight excluding hydrogens is 232 g/mol. The Morgan fingerprint density at radius 1 is 1.71 bits per heavy atom. The molecule has 0 radical (unpaired) electrons. The number of carbonyl (C=O) groups excluding carboxylic acids is 1. The van der Waals surface area contributed by atoms with Crippen LogP contribution in [0, 0.1) is 5.92 Å². The molecule has 0 saturated carbocycles. The molecule has 4 heteroatoms. The second-order valence-electron chi connectivity index (χ2n) is 4.59. The van der Waals surface area contributed by atoms with Crippen molar-refractivity contribution in [1.82, 2.24) is 4.90 Å². The Labute approximate surface area is 107 Å². The minimum atomic E-state index is -0.00534. The molecule has 94 valence electrons. The monoisotopic (exact) mass is 252 g/mol. The highest BCUT2D eigenvalue weighted by Crippen LogP contribution is 2.34. The first-order chi connectivity index (χ1) is 8.27. The summed E-state index contributed by atoms with van der Waals surface area (Å²) in [7, 11) is 0. The Bertz CT molecular complexity index is 360. The summed E-state index contributed by atoms with van der Waals surface area (Å²) in [5.41, 5.74) is 6.96. The summed E-state index contributed by atoms with van der Waals surface area (Å²) < 4.78 is 0. The molecule has 2 atom stereocenters. The Morgan fingerprint density at radius 2 is 2.53 bits per heavy atom. The number of nitrogens with zero attached hydrogens (tertiary/aromatic N) is 1. The van der Waals surface area contributed by atoms with Gasteiger partial charge >= 0.3 is 0 Å².